The van der Waals surface area contributed by atoms with E-state index in [1.165, 1.54) is 14.2 Å². The number of hydrogen-bond acceptors (Lipinski definition) is 9. The van der Waals surface area contributed by atoms with Crippen LogP contribution in [0.1, 0.15) is 101 Å². The highest BCUT2D eigenvalue weighted by Gasteiger charge is 2.43. The molecule has 0 saturated carbocycles. The average Bonchev–Trinajstić information content (AvgIpc) is 3.59. The Balaban J connectivity index is 3.24. The van der Waals surface area contributed by atoms with Gasteiger partial charge < -0.3 is 40.2 Å². The second-order valence-corrected chi connectivity index (χ2v) is 15.5. The molecule has 1 aliphatic heterocycles. The van der Waals surface area contributed by atoms with E-state index in [1.54, 1.807) is 43.9 Å². The van der Waals surface area contributed by atoms with Gasteiger partial charge in [-0.15, -0.1) is 6.58 Å². The molecular weight excluding hydrogens is 678 g/mol. The van der Waals surface area contributed by atoms with Crippen molar-refractivity contribution in [3.63, 3.8) is 0 Å². The van der Waals surface area contributed by atoms with E-state index in [4.69, 9.17) is 9.47 Å². The summed E-state index contributed by atoms with van der Waals surface area (Å²) in [4.78, 5) is 58.5. The number of likely N-dealkylation sites (N-methyl/N-ethyl adjacent to an activating group) is 2. The first-order valence-corrected chi connectivity index (χ1v) is 19.4. The van der Waals surface area contributed by atoms with Crippen LogP contribution in [0.25, 0.3) is 0 Å². The van der Waals surface area contributed by atoms with Crippen molar-refractivity contribution in [1.82, 2.24) is 25.5 Å². The van der Waals surface area contributed by atoms with Crippen LogP contribution in [0.5, 0.6) is 0 Å². The number of methoxy groups -OCH3 is 2. The van der Waals surface area contributed by atoms with E-state index in [2.05, 4.69) is 17.2 Å². The van der Waals surface area contributed by atoms with Gasteiger partial charge in [0.15, 0.2) is 0 Å². The van der Waals surface area contributed by atoms with E-state index in [0.717, 1.165) is 23.5 Å². The van der Waals surface area contributed by atoms with E-state index < -0.39 is 54.3 Å². The molecule has 0 aromatic carbocycles. The predicted molar refractivity (Wildman–Crippen MR) is 208 cm³/mol. The van der Waals surface area contributed by atoms with Gasteiger partial charge in [-0.3, -0.25) is 19.2 Å². The molecule has 306 valence electrons. The number of amides is 4. The van der Waals surface area contributed by atoms with Gasteiger partial charge in [-0.2, -0.15) is 5.06 Å². The zero-order chi connectivity index (χ0) is 40.7. The second kappa shape index (κ2) is 23.2. The Hall–Kier alpha value is -2.84. The minimum Gasteiger partial charge on any atom is -0.387 e. The van der Waals surface area contributed by atoms with Gasteiger partial charge in [0.05, 0.1) is 48.8 Å². The lowest BCUT2D eigenvalue weighted by Crippen LogP contribution is -2.59. The number of aliphatic hydroxyl groups excluding tert-OH is 1. The van der Waals surface area contributed by atoms with Gasteiger partial charge in [-0.25, -0.2) is 0 Å². The molecule has 1 heterocycles. The molecule has 13 nitrogen and oxygen atoms in total. The summed E-state index contributed by atoms with van der Waals surface area (Å²) in [6.45, 7) is 21.1. The molecule has 53 heavy (non-hydrogen) atoms. The van der Waals surface area contributed by atoms with Crippen molar-refractivity contribution in [1.29, 1.82) is 0 Å². The van der Waals surface area contributed by atoms with Gasteiger partial charge in [0.1, 0.15) is 12.1 Å². The molecule has 0 spiro atoms. The first-order chi connectivity index (χ1) is 24.8. The van der Waals surface area contributed by atoms with Crippen molar-refractivity contribution in [3.05, 3.63) is 24.3 Å². The van der Waals surface area contributed by atoms with E-state index in [1.807, 2.05) is 54.5 Å². The Bertz CT molecular complexity index is 1200. The second-order valence-electron chi connectivity index (χ2n) is 15.5. The lowest BCUT2D eigenvalue weighted by atomic mass is 9.89. The van der Waals surface area contributed by atoms with E-state index >= 15 is 0 Å². The number of hydrogen-bond donors (Lipinski definition) is 4. The van der Waals surface area contributed by atoms with E-state index in [-0.39, 0.29) is 47.9 Å². The van der Waals surface area contributed by atoms with Crippen LogP contribution >= 0.6 is 0 Å². The number of carbonyl (C=O) groups is 4. The fraction of sp³-hybridized carbons (Fsp3) is 0.800. The molecule has 13 heteroatoms. The Morgan fingerprint density at radius 2 is 1.60 bits per heavy atom. The Kier molecular flexibility index (Phi) is 21.1. The van der Waals surface area contributed by atoms with Gasteiger partial charge >= 0.3 is 0 Å². The summed E-state index contributed by atoms with van der Waals surface area (Å²) in [5.74, 6) is -2.32. The third-order valence-electron chi connectivity index (χ3n) is 11.0. The quantitative estimate of drug-likeness (QED) is 0.0888. The summed E-state index contributed by atoms with van der Waals surface area (Å²) in [5.41, 5.74) is 0.829. The summed E-state index contributed by atoms with van der Waals surface area (Å²) in [7, 11) is 6.18. The van der Waals surface area contributed by atoms with Gasteiger partial charge in [0, 0.05) is 34.9 Å². The van der Waals surface area contributed by atoms with E-state index in [9.17, 15) is 29.5 Å². The van der Waals surface area contributed by atoms with Crippen molar-refractivity contribution < 1.29 is 39.0 Å². The van der Waals surface area contributed by atoms with Crippen LogP contribution in [-0.4, -0.2) is 132 Å². The molecule has 0 bridgehead atoms. The number of rotatable bonds is 23. The normalized spacial score (nSPS) is 20.3. The monoisotopic (exact) mass is 752 g/mol. The van der Waals surface area contributed by atoms with Crippen molar-refractivity contribution >= 4 is 23.6 Å². The zero-order valence-corrected chi connectivity index (χ0v) is 34.9. The first-order valence-electron chi connectivity index (χ1n) is 19.4. The van der Waals surface area contributed by atoms with Crippen LogP contribution < -0.4 is 10.6 Å². The Morgan fingerprint density at radius 1 is 0.981 bits per heavy atom. The molecule has 0 radical (unpaired) electrons. The number of nitrogens with one attached hydrogen (secondary N) is 2. The van der Waals surface area contributed by atoms with Crippen LogP contribution in [0.4, 0.5) is 0 Å². The number of ether oxygens (including phenoxy) is 2. The fourth-order valence-corrected chi connectivity index (χ4v) is 7.67. The molecule has 1 saturated heterocycles. The molecule has 2 unspecified atom stereocenters. The van der Waals surface area contributed by atoms with Gasteiger partial charge in [0.2, 0.25) is 23.6 Å². The summed E-state index contributed by atoms with van der Waals surface area (Å²) >= 11 is 0. The summed E-state index contributed by atoms with van der Waals surface area (Å²) < 4.78 is 11.9. The number of hydroxylamine groups is 2. The predicted octanol–water partition coefficient (Wildman–Crippen LogP) is 4.17. The summed E-state index contributed by atoms with van der Waals surface area (Å²) in [6.07, 6.45) is 5.05. The number of carbonyl (C=O) groups excluding carboxylic acids is 4. The largest absolute Gasteiger partial charge is 0.387 e. The molecule has 4 N–H and O–H groups in total. The molecule has 4 amide bonds. The fourth-order valence-electron chi connectivity index (χ4n) is 7.67. The first kappa shape index (κ1) is 48.2. The molecule has 10 atom stereocenters. The highest BCUT2D eigenvalue weighted by atomic mass is 16.5. The van der Waals surface area contributed by atoms with Crippen LogP contribution in [0, 0.1) is 23.7 Å². The number of likely N-dealkylation sites (tertiary alicyclic amines) is 1. The third kappa shape index (κ3) is 13.2. The Labute approximate surface area is 319 Å². The molecule has 0 aromatic rings. The third-order valence-corrected chi connectivity index (χ3v) is 11.0. The number of aliphatic hydroxyl groups is 1. The average molecular weight is 752 g/mol. The maximum Gasteiger partial charge on any atom is 0.245 e. The zero-order valence-electron chi connectivity index (χ0n) is 34.9. The van der Waals surface area contributed by atoms with Crippen LogP contribution in [0.15, 0.2) is 24.3 Å². The molecular formula is C40H73N5O8. The molecule has 1 aliphatic rings. The lowest BCUT2D eigenvalue weighted by Gasteiger charge is -2.41. The highest BCUT2D eigenvalue weighted by Crippen LogP contribution is 2.30. The highest BCUT2D eigenvalue weighted by molar-refractivity contribution is 5.90. The maximum absolute atomic E-state index is 14.2. The van der Waals surface area contributed by atoms with Gasteiger partial charge in [-0.05, 0) is 62.9 Å². The van der Waals surface area contributed by atoms with E-state index in [0.29, 0.717) is 25.8 Å². The van der Waals surface area contributed by atoms with Crippen molar-refractivity contribution in [3.8, 4) is 0 Å². The van der Waals surface area contributed by atoms with Gasteiger partial charge in [0.25, 0.3) is 0 Å². The standard InChI is InChI=1S/C40H73N5O8/c1-15-18-20-29(17-3)36(47)28(10)41-38(48)27(9)37(53-14)30-21-19-22-45(30)32(46)23-31(52-13)35(26(8)16-2)43(11)40(50)33(24(4)5)42-39(49)34(25(6)7)44(12)51/h15,17,24-28,30-31,33-37,47,51H,1,16,18-23H2,2-14H3,(H,41,48)(H,42,49)/b29-17+/t26-,27+,28+,30-,31?,33-,34-,35-,36+,37?/m0/s1. The van der Waals surface area contributed by atoms with Crippen molar-refractivity contribution in [2.45, 2.75) is 149 Å². The Morgan fingerprint density at radius 3 is 2.08 bits per heavy atom. The maximum atomic E-state index is 14.2. The van der Waals surface area contributed by atoms with Gasteiger partial charge in [-0.1, -0.05) is 67.0 Å². The number of nitrogens with zero attached hydrogens (tertiary/aromatic N) is 3. The molecule has 0 aliphatic carbocycles. The number of allylic oxidation sites excluding steroid dienone is 2. The lowest BCUT2D eigenvalue weighted by molar-refractivity contribution is -0.156. The smallest absolute Gasteiger partial charge is 0.245 e. The van der Waals surface area contributed by atoms with Crippen LogP contribution in [0.3, 0.4) is 0 Å². The van der Waals surface area contributed by atoms with Crippen LogP contribution in [0.2, 0.25) is 0 Å². The summed E-state index contributed by atoms with van der Waals surface area (Å²) in [6, 6.07) is -3.09. The molecule has 0 aromatic heterocycles. The van der Waals surface area contributed by atoms with Crippen molar-refractivity contribution in [2.24, 2.45) is 23.7 Å². The molecule has 1 fully saturated rings. The minimum absolute atomic E-state index is 0.000137. The SMILES string of the molecule is C=CCC/C(=C\C)[C@H](O)[C@@H](C)NC(=O)[C@H](C)C(OC)[C@@H]1CCCN1C(=O)CC(OC)[C@H]([C@@H](C)CC)N(C)C(=O)[C@@H](NC(=O)[C@H](C(C)C)N(C)O)C(C)C. The minimum atomic E-state index is -0.868. The summed E-state index contributed by atoms with van der Waals surface area (Å²) in [5, 5.41) is 27.8. The molecule has 1 rings (SSSR count). The topological polar surface area (TPSA) is 161 Å². The van der Waals surface area contributed by atoms with Crippen LogP contribution in [-0.2, 0) is 28.7 Å². The van der Waals surface area contributed by atoms with Crippen molar-refractivity contribution in [2.75, 3.05) is 34.9 Å².